The molecule has 2 N–H and O–H groups in total. The summed E-state index contributed by atoms with van der Waals surface area (Å²) < 4.78 is 40.4. The number of ether oxygens (including phenoxy) is 3. The van der Waals surface area contributed by atoms with Crippen molar-refractivity contribution in [1.82, 2.24) is 134 Å². The molecule has 3 atom stereocenters. The Morgan fingerprint density at radius 3 is 1.26 bits per heavy atom. The fourth-order valence-corrected chi connectivity index (χ4v) is 23.0. The fourth-order valence-electron chi connectivity index (χ4n) is 18.6. The molecule has 3 saturated carbocycles. The van der Waals surface area contributed by atoms with Crippen LogP contribution in [0.25, 0.3) is 96.0 Å². The molecule has 35 nitrogen and oxygen atoms in total. The number of benzene rings is 5. The molecule has 770 valence electrons. The summed E-state index contributed by atoms with van der Waals surface area (Å²) in [6.07, 6.45) is 45.2. The zero-order valence-electron chi connectivity index (χ0n) is 86.7. The summed E-state index contributed by atoms with van der Waals surface area (Å²) in [5.74, 6) is 7.19. The van der Waals surface area contributed by atoms with Crippen molar-refractivity contribution in [3.05, 3.63) is 268 Å². The number of rotatable bonds is 22. The second-order valence-electron chi connectivity index (χ2n) is 35.7. The van der Waals surface area contributed by atoms with Gasteiger partial charge < -0.3 is 68.8 Å². The molecule has 46 heteroatoms. The van der Waals surface area contributed by atoms with Gasteiger partial charge >= 0.3 is 185 Å². The minimum absolute atomic E-state index is 0. The molecule has 0 radical (unpaired) electrons. The maximum atomic E-state index is 8.87. The topological polar surface area (TPSA) is 391 Å². The molecule has 2 saturated heterocycles. The molecule has 5 fully saturated rings. The van der Waals surface area contributed by atoms with Crippen LogP contribution >= 0.6 is 75.0 Å². The van der Waals surface area contributed by atoms with Crippen molar-refractivity contribution in [3.8, 4) is 90.6 Å². The van der Waals surface area contributed by atoms with E-state index in [1.807, 2.05) is 149 Å². The normalized spacial score (nSPS) is 15.1. The van der Waals surface area contributed by atoms with Crippen molar-refractivity contribution in [2.24, 2.45) is 27.1 Å². The molecule has 5 aromatic carbocycles. The molecule has 17 aromatic rings. The Kier molecular flexibility index (Phi) is 55.6. The predicted octanol–water partition coefficient (Wildman–Crippen LogP) is 7.19. The average Bonchev–Trinajstić information content (AvgIpc) is 0.881. The van der Waals surface area contributed by atoms with Crippen molar-refractivity contribution in [2.45, 2.75) is 140 Å². The fraction of sp³-hybridized carbons (Fsp3) is 0.365. The molecule has 0 bridgehead atoms. The van der Waals surface area contributed by atoms with Gasteiger partial charge in [0.05, 0.1) is 91.2 Å². The Hall–Kier alpha value is -4.63. The zero-order valence-corrected chi connectivity index (χ0v) is 109. The van der Waals surface area contributed by atoms with Crippen LogP contribution in [0, 0.1) is 9.49 Å². The quantitative estimate of drug-likeness (QED) is 0.0223. The van der Waals surface area contributed by atoms with E-state index in [0.29, 0.717) is 53.7 Å². The van der Waals surface area contributed by atoms with Crippen LogP contribution in [0.3, 0.4) is 0 Å². The first-order valence-electron chi connectivity index (χ1n) is 49.6. The van der Waals surface area contributed by atoms with Crippen molar-refractivity contribution >= 4 is 166 Å². The summed E-state index contributed by atoms with van der Waals surface area (Å²) in [5.41, 5.74) is 18.9. The molecule has 14 heterocycles. The van der Waals surface area contributed by atoms with Crippen LogP contribution in [0.1, 0.15) is 137 Å². The molecule has 12 aromatic heterocycles. The van der Waals surface area contributed by atoms with Crippen molar-refractivity contribution in [2.75, 3.05) is 85.7 Å². The van der Waals surface area contributed by atoms with Crippen molar-refractivity contribution < 1.29 is 151 Å². The molecule has 3 aliphatic carbocycles. The predicted molar refractivity (Wildman–Crippen MR) is 588 cm³/mol. The SMILES string of the molecule is C1COCCN1.CC[C@H]1CCCC[C@@H]1NC.CN1CCN(c2cnc(-c3cccc(Cc4nnc5ccc(-c6cnn(C)c6)nn45)c3)nc2)CC1.COc1cccc(OC)c1-c1ccccc1P(C1CCCCC1)C1CCCCC1.Cn1cc(-c2ccc3nnc(Cc4cccc(-c5ncc(Br)cn5)c4)n3n2)cn1.Cn1cc(-c2ccc3nnc(Cc4cccc(-c5ncc(I)cn5)c4)n3n2)cn1.O=[P+]([O-])O[O-].[Cu][I].[I-].[K+].[K][K].[Na+]. The molecule has 22 rings (SSSR count). The van der Waals surface area contributed by atoms with Crippen LogP contribution in [-0.2, 0) is 67.1 Å². The maximum absolute atomic E-state index is 8.87. The molecule has 150 heavy (non-hydrogen) atoms. The number of nitrogens with zero attached hydrogens (tertiary/aromatic N) is 26. The van der Waals surface area contributed by atoms with E-state index in [9.17, 15) is 0 Å². The second-order valence-corrected chi connectivity index (χ2v) is 41.2. The van der Waals surface area contributed by atoms with Gasteiger partial charge in [-0.25, -0.2) is 34.6 Å². The van der Waals surface area contributed by atoms with E-state index in [0.717, 1.165) is 191 Å². The summed E-state index contributed by atoms with van der Waals surface area (Å²) in [6, 6.07) is 52.2. The van der Waals surface area contributed by atoms with Gasteiger partial charge in [-0.15, -0.1) is 30.6 Å². The Bertz CT molecular complexity index is 6730. The standard InChI is InChI=1S/C26H35O2P.C25H26N10.C20H15BrN8.C20H15IN8.C9H19N.C4H9NO.Cu.2HI.3K.Na.HO4P/c1-27-23-17-11-18-24(28-2)26(23)22-16-9-10-19-25(22)29(20-12-5-3-6-13-20)21-14-7-4-8-15-21;1-32-8-10-34(11-9-32)21-15-26-25(27-16-21)19-5-3-4-18(12-19)13-24-30-29-23-7-6-22(31-35(23)24)20-14-28-33(2)17-20;2*1-28-12-15(9-24-28)17-5-6-18-25-26-19(29(18)27-17)8-13-3-2-4-14(7-13)20-22-10-16(21)11-23-20;1-3-8-6-4-5-7-9(8)10-2;1-3-6-4-2-5-1;;;;;;;;1-4-5(2)3/h9-11,16-21H,3-8,12-15H2,1-2H3;3-7,12,14-17H,8-11,13H2,1-2H3;2*2-7,9-12H,8H2,1H3;8-10H,3-7H2,1-2H3;5H,1-4H2;;2*1H;;;;;1H/q;;;;;;+1;;;;;2*+1;/p-3/t;;;;8-,9-;;;;;;;;;/m....0........./s1. The van der Waals surface area contributed by atoms with E-state index in [1.54, 1.807) is 98.4 Å². The molecular formula is C104H119BrCuI3K3N28NaO7P2. The monoisotopic (exact) mass is 2600 g/mol. The number of fused-ring (bicyclic) bond motifs is 3. The number of methoxy groups -OCH3 is 2. The minimum atomic E-state index is -3.15. The third-order valence-corrected chi connectivity index (χ3v) is 30.5. The minimum Gasteiger partial charge on any atom is 1.00 e. The maximum Gasteiger partial charge on any atom is 1.00 e. The van der Waals surface area contributed by atoms with E-state index in [-0.39, 0.29) is 113 Å². The van der Waals surface area contributed by atoms with Crippen LogP contribution in [0.4, 0.5) is 5.69 Å². The van der Waals surface area contributed by atoms with E-state index >= 15 is 0 Å². The molecular weight excluding hydrogens is 2480 g/mol. The summed E-state index contributed by atoms with van der Waals surface area (Å²) in [7, 11) is 10.1. The smallest absolute Gasteiger partial charge is 1.00 e. The third kappa shape index (κ3) is 36.4. The number of morpholine rings is 1. The molecule has 1 unspecified atom stereocenters. The van der Waals surface area contributed by atoms with Crippen LogP contribution < -0.4 is 145 Å². The first-order chi connectivity index (χ1) is 71.9. The number of halogens is 4. The molecule has 0 amide bonds. The van der Waals surface area contributed by atoms with Gasteiger partial charge in [-0.2, -0.15) is 44.1 Å². The summed E-state index contributed by atoms with van der Waals surface area (Å²) in [5, 5.41) is 69.4. The van der Waals surface area contributed by atoms with Crippen molar-refractivity contribution in [1.29, 1.82) is 0 Å². The summed E-state index contributed by atoms with van der Waals surface area (Å²) >= 11 is 13.9. The first kappa shape index (κ1) is 126. The first-order valence-corrected chi connectivity index (χ1v) is 73.1. The van der Waals surface area contributed by atoms with E-state index in [4.69, 9.17) is 44.2 Å². The molecule has 0 spiro atoms. The largest absolute Gasteiger partial charge is 1.00 e. The average molecular weight is 2600 g/mol. The van der Waals surface area contributed by atoms with Gasteiger partial charge in [-0.05, 0) is 207 Å². The zero-order chi connectivity index (χ0) is 103. The van der Waals surface area contributed by atoms with E-state index < -0.39 is 8.25 Å². The van der Waals surface area contributed by atoms with Crippen LogP contribution in [0.2, 0.25) is 0 Å². The van der Waals surface area contributed by atoms with Gasteiger partial charge in [-0.3, -0.25) is 14.0 Å². The number of hydrogen-bond donors (Lipinski definition) is 2. The third-order valence-electron chi connectivity index (χ3n) is 25.9. The van der Waals surface area contributed by atoms with Gasteiger partial charge in [0, 0.05) is 166 Å². The summed E-state index contributed by atoms with van der Waals surface area (Å²) in [4.78, 5) is 40.4. The number of hydrogen-bond acceptors (Lipinski definition) is 29. The number of piperazine rings is 1. The molecule has 5 aliphatic rings. The number of likely N-dealkylation sites (N-methyl/N-ethyl adjacent to an activating group) is 1. The van der Waals surface area contributed by atoms with Crippen LogP contribution in [0.5, 0.6) is 11.5 Å². The van der Waals surface area contributed by atoms with E-state index in [1.165, 1.54) is 165 Å². The van der Waals surface area contributed by atoms with Crippen molar-refractivity contribution in [3.63, 3.8) is 0 Å². The van der Waals surface area contributed by atoms with Gasteiger partial charge in [0.15, 0.2) is 51.9 Å². The summed E-state index contributed by atoms with van der Waals surface area (Å²) in [6.45, 7) is 10.2. The van der Waals surface area contributed by atoms with Gasteiger partial charge in [0.2, 0.25) is 0 Å². The number of aromatic nitrogens is 24. The van der Waals surface area contributed by atoms with E-state index in [2.05, 4.69) is 240 Å². The molecule has 2 aliphatic heterocycles. The number of nitrogens with one attached hydrogen (secondary N) is 2. The van der Waals surface area contributed by atoms with Crippen LogP contribution in [-0.4, -0.2) is 285 Å². The second kappa shape index (κ2) is 66.4. The van der Waals surface area contributed by atoms with Gasteiger partial charge in [0.1, 0.15) is 11.5 Å². The Balaban J connectivity index is 0.000000175. The Labute approximate surface area is 1050 Å². The Morgan fingerprint density at radius 2 is 0.900 bits per heavy atom. The number of anilines is 1. The Morgan fingerprint density at radius 1 is 0.513 bits per heavy atom. The van der Waals surface area contributed by atoms with Gasteiger partial charge in [-0.1, -0.05) is 158 Å². The number of aryl methyl sites for hydroxylation is 3. The van der Waals surface area contributed by atoms with Crippen LogP contribution in [0.15, 0.2) is 230 Å². The van der Waals surface area contributed by atoms with Gasteiger partial charge in [0.25, 0.3) is 0 Å².